The van der Waals surface area contributed by atoms with E-state index in [1.54, 1.807) is 23.0 Å². The van der Waals surface area contributed by atoms with E-state index in [1.807, 2.05) is 12.1 Å². The van der Waals surface area contributed by atoms with Crippen LogP contribution >= 0.6 is 11.6 Å². The Bertz CT molecular complexity index is 1280. The Morgan fingerprint density at radius 3 is 2.77 bits per heavy atom. The van der Waals surface area contributed by atoms with E-state index < -0.39 is 0 Å². The number of rotatable bonds is 7. The molecule has 0 amide bonds. The Kier molecular flexibility index (Phi) is 7.04. The van der Waals surface area contributed by atoms with Crippen molar-refractivity contribution < 1.29 is 4.74 Å². The number of fused-ring (bicyclic) bond motifs is 1. The monoisotopic (exact) mass is 490 g/mol. The molecule has 0 unspecified atom stereocenters. The second kappa shape index (κ2) is 10.4. The predicted molar refractivity (Wildman–Crippen MR) is 141 cm³/mol. The number of aromatic nitrogens is 2. The van der Waals surface area contributed by atoms with Gasteiger partial charge in [0.1, 0.15) is 12.4 Å². The van der Waals surface area contributed by atoms with Gasteiger partial charge in [-0.25, -0.2) is 0 Å². The second-order valence-electron chi connectivity index (χ2n) is 9.64. The van der Waals surface area contributed by atoms with Gasteiger partial charge in [0.25, 0.3) is 5.56 Å². The summed E-state index contributed by atoms with van der Waals surface area (Å²) in [6.07, 6.45) is 8.52. The smallest absolute Gasteiger partial charge is 0.258 e. The van der Waals surface area contributed by atoms with Crippen LogP contribution in [0.2, 0.25) is 5.02 Å². The summed E-state index contributed by atoms with van der Waals surface area (Å²) in [6.45, 7) is 3.57. The van der Waals surface area contributed by atoms with E-state index in [9.17, 15) is 4.79 Å². The molecular formula is C28H31ClN4O2. The molecule has 7 heteroatoms. The standard InChI is InChI=1S/C28H31ClN4O2/c1-31(2)26-9-11-32(18-26)17-20-3-4-22-14-25(8-5-21(22)13-20)33-12-10-27(15-28(33)34)35-19-24-7-6-23(29)16-30-24/h3-4,6-7,10,12-16,26H,5,8-9,11,17-19H2,1-2H3/t26-/m0/s1. The summed E-state index contributed by atoms with van der Waals surface area (Å²) in [7, 11) is 4.34. The molecular weight excluding hydrogens is 460 g/mol. The van der Waals surface area contributed by atoms with Gasteiger partial charge in [0.15, 0.2) is 0 Å². The number of allylic oxidation sites excluding steroid dienone is 1. The van der Waals surface area contributed by atoms with E-state index in [2.05, 4.69) is 53.2 Å². The number of benzene rings is 1. The van der Waals surface area contributed by atoms with Crippen LogP contribution in [0.5, 0.6) is 5.75 Å². The minimum absolute atomic E-state index is 0.0950. The molecule has 0 spiro atoms. The Labute approximate surface area is 211 Å². The number of likely N-dealkylation sites (N-methyl/N-ethyl adjacent to an activating group) is 1. The molecule has 1 aromatic carbocycles. The molecule has 3 aromatic rings. The van der Waals surface area contributed by atoms with Gasteiger partial charge in [-0.3, -0.25) is 19.2 Å². The topological polar surface area (TPSA) is 50.6 Å². The minimum atomic E-state index is -0.0950. The molecule has 1 fully saturated rings. The van der Waals surface area contributed by atoms with E-state index >= 15 is 0 Å². The third-order valence-electron chi connectivity index (χ3n) is 6.94. The first kappa shape index (κ1) is 23.8. The van der Waals surface area contributed by atoms with E-state index in [0.29, 0.717) is 16.8 Å². The van der Waals surface area contributed by atoms with Gasteiger partial charge >= 0.3 is 0 Å². The molecule has 5 rings (SSSR count). The van der Waals surface area contributed by atoms with Crippen LogP contribution in [0.4, 0.5) is 0 Å². The van der Waals surface area contributed by atoms with Gasteiger partial charge in [-0.15, -0.1) is 0 Å². The number of nitrogens with zero attached hydrogens (tertiary/aromatic N) is 4. The number of aryl methyl sites for hydroxylation is 1. The number of halogens is 1. The number of likely N-dealkylation sites (tertiary alicyclic amines) is 1. The summed E-state index contributed by atoms with van der Waals surface area (Å²) in [5, 5.41) is 0.583. The van der Waals surface area contributed by atoms with Gasteiger partial charge in [-0.1, -0.05) is 29.8 Å². The highest BCUT2D eigenvalue weighted by atomic mass is 35.5. The van der Waals surface area contributed by atoms with Crippen molar-refractivity contribution in [3.8, 4) is 5.75 Å². The molecule has 0 bridgehead atoms. The molecule has 0 radical (unpaired) electrons. The van der Waals surface area contributed by atoms with Gasteiger partial charge in [-0.05, 0) is 74.3 Å². The molecule has 35 heavy (non-hydrogen) atoms. The highest BCUT2D eigenvalue weighted by molar-refractivity contribution is 6.30. The van der Waals surface area contributed by atoms with Gasteiger partial charge in [0.2, 0.25) is 0 Å². The lowest BCUT2D eigenvalue weighted by atomic mass is 9.93. The van der Waals surface area contributed by atoms with Crippen LogP contribution in [0.1, 0.15) is 35.2 Å². The van der Waals surface area contributed by atoms with E-state index in [1.165, 1.54) is 29.2 Å². The molecule has 1 aliphatic carbocycles. The third kappa shape index (κ3) is 5.67. The zero-order chi connectivity index (χ0) is 24.4. The fourth-order valence-electron chi connectivity index (χ4n) is 4.89. The molecule has 3 heterocycles. The summed E-state index contributed by atoms with van der Waals surface area (Å²) < 4.78 is 7.47. The zero-order valence-electron chi connectivity index (χ0n) is 20.3. The molecule has 1 saturated heterocycles. The highest BCUT2D eigenvalue weighted by Gasteiger charge is 2.24. The van der Waals surface area contributed by atoms with E-state index in [0.717, 1.165) is 43.9 Å². The fraction of sp³-hybridized carbons (Fsp3) is 0.357. The Balaban J connectivity index is 1.25. The summed E-state index contributed by atoms with van der Waals surface area (Å²) in [5.41, 5.74) is 5.60. The maximum Gasteiger partial charge on any atom is 0.258 e. The average Bonchev–Trinajstić information content (AvgIpc) is 3.32. The highest BCUT2D eigenvalue weighted by Crippen LogP contribution is 2.28. The van der Waals surface area contributed by atoms with Crippen molar-refractivity contribution in [3.05, 3.63) is 92.6 Å². The maximum absolute atomic E-state index is 12.8. The molecule has 0 N–H and O–H groups in total. The molecule has 2 aliphatic rings. The number of hydrogen-bond acceptors (Lipinski definition) is 5. The molecule has 6 nitrogen and oxygen atoms in total. The zero-order valence-corrected chi connectivity index (χ0v) is 21.0. The number of hydrogen-bond donors (Lipinski definition) is 0. The fourth-order valence-corrected chi connectivity index (χ4v) is 5.00. The second-order valence-corrected chi connectivity index (χ2v) is 10.1. The summed E-state index contributed by atoms with van der Waals surface area (Å²) in [6, 6.07) is 14.4. The third-order valence-corrected chi connectivity index (χ3v) is 7.16. The van der Waals surface area contributed by atoms with Crippen molar-refractivity contribution in [3.63, 3.8) is 0 Å². The van der Waals surface area contributed by atoms with Crippen molar-refractivity contribution >= 4 is 23.4 Å². The van der Waals surface area contributed by atoms with Crippen molar-refractivity contribution in [2.24, 2.45) is 0 Å². The van der Waals surface area contributed by atoms with Gasteiger partial charge in [0, 0.05) is 49.8 Å². The van der Waals surface area contributed by atoms with Crippen LogP contribution in [0.25, 0.3) is 11.8 Å². The van der Waals surface area contributed by atoms with Gasteiger partial charge in [0.05, 0.1) is 10.7 Å². The lowest BCUT2D eigenvalue weighted by molar-refractivity contribution is 0.264. The van der Waals surface area contributed by atoms with E-state index in [-0.39, 0.29) is 12.2 Å². The van der Waals surface area contributed by atoms with Crippen molar-refractivity contribution in [2.45, 2.75) is 38.5 Å². The van der Waals surface area contributed by atoms with Crippen LogP contribution in [-0.4, -0.2) is 52.6 Å². The molecule has 1 aliphatic heterocycles. The van der Waals surface area contributed by atoms with Crippen LogP contribution in [0.3, 0.4) is 0 Å². The first-order valence-corrected chi connectivity index (χ1v) is 12.5. The van der Waals surface area contributed by atoms with Crippen molar-refractivity contribution in [1.29, 1.82) is 0 Å². The molecule has 2 aromatic heterocycles. The summed E-state index contributed by atoms with van der Waals surface area (Å²) >= 11 is 5.87. The lowest BCUT2D eigenvalue weighted by Gasteiger charge is -2.22. The number of pyridine rings is 2. The first-order chi connectivity index (χ1) is 16.9. The SMILES string of the molecule is CN(C)[C@H]1CCN(Cc2ccc3c(c2)CCC(n2ccc(OCc4ccc(Cl)cn4)cc2=O)=C3)C1. The Hall–Kier alpha value is -2.93. The summed E-state index contributed by atoms with van der Waals surface area (Å²) in [4.78, 5) is 21.9. The van der Waals surface area contributed by atoms with Crippen molar-refractivity contribution in [1.82, 2.24) is 19.4 Å². The van der Waals surface area contributed by atoms with Gasteiger partial charge < -0.3 is 9.64 Å². The van der Waals surface area contributed by atoms with Gasteiger partial charge in [-0.2, -0.15) is 0 Å². The molecule has 0 saturated carbocycles. The van der Waals surface area contributed by atoms with Crippen molar-refractivity contribution in [2.75, 3.05) is 27.2 Å². The van der Waals surface area contributed by atoms with Crippen LogP contribution in [0, 0.1) is 0 Å². The lowest BCUT2D eigenvalue weighted by Crippen LogP contribution is -2.31. The minimum Gasteiger partial charge on any atom is -0.487 e. The Morgan fingerprint density at radius 2 is 2.03 bits per heavy atom. The van der Waals surface area contributed by atoms with Crippen LogP contribution in [0.15, 0.2) is 59.7 Å². The van der Waals surface area contributed by atoms with E-state index in [4.69, 9.17) is 16.3 Å². The van der Waals surface area contributed by atoms with Crippen LogP contribution < -0.4 is 10.3 Å². The first-order valence-electron chi connectivity index (χ1n) is 12.1. The average molecular weight is 491 g/mol. The van der Waals surface area contributed by atoms with Crippen LogP contribution in [-0.2, 0) is 19.6 Å². The largest absolute Gasteiger partial charge is 0.487 e. The molecule has 1 atom stereocenters. The number of ether oxygens (including phenoxy) is 1. The normalized spacial score (nSPS) is 17.9. The quantitative estimate of drug-likeness (QED) is 0.486. The summed E-state index contributed by atoms with van der Waals surface area (Å²) in [5.74, 6) is 0.530. The Morgan fingerprint density at radius 1 is 1.14 bits per heavy atom. The predicted octanol–water partition coefficient (Wildman–Crippen LogP) is 4.56. The maximum atomic E-state index is 12.8. The molecule has 182 valence electrons.